The molecule has 0 bridgehead atoms. The summed E-state index contributed by atoms with van der Waals surface area (Å²) in [6.07, 6.45) is 3.11. The van der Waals surface area contributed by atoms with Crippen molar-refractivity contribution < 1.29 is 0 Å². The Hall–Kier alpha value is -2.34. The van der Waals surface area contributed by atoms with Crippen LogP contribution < -0.4 is 5.56 Å². The normalized spacial score (nSPS) is 17.1. The lowest BCUT2D eigenvalue weighted by Gasteiger charge is -2.25. The Morgan fingerprint density at radius 2 is 2.00 bits per heavy atom. The molecule has 1 aliphatic rings. The van der Waals surface area contributed by atoms with Crippen molar-refractivity contribution in [3.05, 3.63) is 57.0 Å². The molecule has 106 valence electrons. The standard InChI is InChI=1S/C18H18N2O/c1-11-6-8-13(9-7-11)16-14-5-3-4-12(2)17(14)20-18(21)15(16)10-19/h6-9,12H,3-5H2,1-2H3,(H,20,21). The van der Waals surface area contributed by atoms with Crippen LogP contribution in [0.5, 0.6) is 0 Å². The topological polar surface area (TPSA) is 56.6 Å². The summed E-state index contributed by atoms with van der Waals surface area (Å²) in [4.78, 5) is 15.2. The van der Waals surface area contributed by atoms with Gasteiger partial charge in [-0.15, -0.1) is 0 Å². The summed E-state index contributed by atoms with van der Waals surface area (Å²) in [5.41, 5.74) is 5.11. The van der Waals surface area contributed by atoms with Gasteiger partial charge in [-0.05, 0) is 43.2 Å². The SMILES string of the molecule is Cc1ccc(-c2c3c([nH]c(=O)c2C#N)C(C)CCC3)cc1. The van der Waals surface area contributed by atoms with Gasteiger partial charge in [-0.2, -0.15) is 5.26 Å². The first kappa shape index (κ1) is 13.6. The Labute approximate surface area is 124 Å². The molecule has 2 aromatic rings. The van der Waals surface area contributed by atoms with E-state index in [4.69, 9.17) is 0 Å². The van der Waals surface area contributed by atoms with Crippen molar-refractivity contribution in [2.45, 2.75) is 39.0 Å². The van der Waals surface area contributed by atoms with Gasteiger partial charge in [0.25, 0.3) is 5.56 Å². The minimum atomic E-state index is -0.263. The zero-order chi connectivity index (χ0) is 15.0. The first-order valence-electron chi connectivity index (χ1n) is 7.38. The van der Waals surface area contributed by atoms with E-state index >= 15 is 0 Å². The number of nitrogens with zero attached hydrogens (tertiary/aromatic N) is 1. The highest BCUT2D eigenvalue weighted by molar-refractivity contribution is 5.74. The molecule has 1 heterocycles. The average Bonchev–Trinajstić information content (AvgIpc) is 2.48. The summed E-state index contributed by atoms with van der Waals surface area (Å²) in [7, 11) is 0. The van der Waals surface area contributed by atoms with Gasteiger partial charge in [0.05, 0.1) is 0 Å². The number of fused-ring (bicyclic) bond motifs is 1. The second-order valence-corrected chi connectivity index (χ2v) is 5.87. The summed E-state index contributed by atoms with van der Waals surface area (Å²) in [6.45, 7) is 4.17. The molecule has 1 aromatic carbocycles. The van der Waals surface area contributed by atoms with Gasteiger partial charge in [-0.25, -0.2) is 0 Å². The number of rotatable bonds is 1. The average molecular weight is 278 g/mol. The van der Waals surface area contributed by atoms with Crippen LogP contribution in [0.1, 0.15) is 48.1 Å². The molecule has 0 aliphatic heterocycles. The second kappa shape index (κ2) is 5.21. The second-order valence-electron chi connectivity index (χ2n) is 5.87. The maximum absolute atomic E-state index is 12.3. The highest BCUT2D eigenvalue weighted by Crippen LogP contribution is 2.36. The van der Waals surface area contributed by atoms with Crippen molar-refractivity contribution >= 4 is 0 Å². The zero-order valence-corrected chi connectivity index (χ0v) is 12.4. The number of benzene rings is 1. The molecule has 3 nitrogen and oxygen atoms in total. The largest absolute Gasteiger partial charge is 0.324 e. The Morgan fingerprint density at radius 1 is 1.29 bits per heavy atom. The Bertz CT molecular complexity index is 779. The zero-order valence-electron chi connectivity index (χ0n) is 12.4. The monoisotopic (exact) mass is 278 g/mol. The molecule has 1 aliphatic carbocycles. The molecule has 0 amide bonds. The molecule has 1 atom stereocenters. The third-order valence-corrected chi connectivity index (χ3v) is 4.36. The van der Waals surface area contributed by atoms with Gasteiger partial charge in [-0.1, -0.05) is 36.8 Å². The number of aromatic amines is 1. The van der Waals surface area contributed by atoms with Crippen LogP contribution in [0.2, 0.25) is 0 Å². The van der Waals surface area contributed by atoms with Crippen LogP contribution in [0.4, 0.5) is 0 Å². The molecule has 1 N–H and O–H groups in total. The number of hydrogen-bond donors (Lipinski definition) is 1. The summed E-state index contributed by atoms with van der Waals surface area (Å²) < 4.78 is 0. The van der Waals surface area contributed by atoms with Crippen molar-refractivity contribution in [3.8, 4) is 17.2 Å². The van der Waals surface area contributed by atoms with Gasteiger partial charge in [0.1, 0.15) is 11.6 Å². The van der Waals surface area contributed by atoms with Crippen LogP contribution in [0, 0.1) is 18.3 Å². The lowest BCUT2D eigenvalue weighted by atomic mass is 9.82. The lowest BCUT2D eigenvalue weighted by Crippen LogP contribution is -2.21. The van der Waals surface area contributed by atoms with Crippen LogP contribution in [0.3, 0.4) is 0 Å². The molecule has 0 radical (unpaired) electrons. The van der Waals surface area contributed by atoms with E-state index in [1.54, 1.807) is 0 Å². The van der Waals surface area contributed by atoms with Gasteiger partial charge in [0.15, 0.2) is 0 Å². The van der Waals surface area contributed by atoms with Crippen molar-refractivity contribution in [3.63, 3.8) is 0 Å². The molecule has 3 rings (SSSR count). The molecule has 1 aromatic heterocycles. The Kier molecular flexibility index (Phi) is 3.39. The summed E-state index contributed by atoms with van der Waals surface area (Å²) in [5, 5.41) is 9.41. The van der Waals surface area contributed by atoms with Crippen LogP contribution in [0.15, 0.2) is 29.1 Å². The van der Waals surface area contributed by atoms with Gasteiger partial charge in [0.2, 0.25) is 0 Å². The fourth-order valence-corrected chi connectivity index (χ4v) is 3.21. The van der Waals surface area contributed by atoms with Gasteiger partial charge in [0, 0.05) is 11.3 Å². The molecule has 0 saturated carbocycles. The third-order valence-electron chi connectivity index (χ3n) is 4.36. The minimum Gasteiger partial charge on any atom is -0.324 e. The van der Waals surface area contributed by atoms with E-state index in [-0.39, 0.29) is 11.1 Å². The van der Waals surface area contributed by atoms with E-state index in [2.05, 4.69) is 18.0 Å². The number of aryl methyl sites for hydroxylation is 1. The van der Waals surface area contributed by atoms with Crippen LogP contribution in [0.25, 0.3) is 11.1 Å². The van der Waals surface area contributed by atoms with Gasteiger partial charge >= 0.3 is 0 Å². The van der Waals surface area contributed by atoms with E-state index in [9.17, 15) is 10.1 Å². The quantitative estimate of drug-likeness (QED) is 0.865. The van der Waals surface area contributed by atoms with E-state index in [0.29, 0.717) is 5.92 Å². The summed E-state index contributed by atoms with van der Waals surface area (Å²) in [6, 6.07) is 10.2. The van der Waals surface area contributed by atoms with E-state index in [0.717, 1.165) is 41.6 Å². The smallest absolute Gasteiger partial charge is 0.266 e. The van der Waals surface area contributed by atoms with Crippen molar-refractivity contribution in [1.82, 2.24) is 4.98 Å². The molecular formula is C18H18N2O. The fourth-order valence-electron chi connectivity index (χ4n) is 3.21. The molecule has 1 unspecified atom stereocenters. The number of H-pyrrole nitrogens is 1. The van der Waals surface area contributed by atoms with Crippen molar-refractivity contribution in [1.29, 1.82) is 5.26 Å². The third kappa shape index (κ3) is 2.27. The van der Waals surface area contributed by atoms with Crippen LogP contribution >= 0.6 is 0 Å². The molecule has 21 heavy (non-hydrogen) atoms. The lowest BCUT2D eigenvalue weighted by molar-refractivity contribution is 0.572. The van der Waals surface area contributed by atoms with Crippen LogP contribution in [-0.2, 0) is 6.42 Å². The first-order chi connectivity index (χ1) is 10.1. The molecule has 0 fully saturated rings. The predicted molar refractivity (Wildman–Crippen MR) is 83.3 cm³/mol. The van der Waals surface area contributed by atoms with Gasteiger partial charge in [-0.3, -0.25) is 4.79 Å². The van der Waals surface area contributed by atoms with E-state index in [1.165, 1.54) is 5.56 Å². The van der Waals surface area contributed by atoms with E-state index in [1.807, 2.05) is 31.2 Å². The fraction of sp³-hybridized carbons (Fsp3) is 0.333. The predicted octanol–water partition coefficient (Wildman–Crippen LogP) is 3.66. The molecule has 0 saturated heterocycles. The highest BCUT2D eigenvalue weighted by atomic mass is 16.1. The minimum absolute atomic E-state index is 0.242. The maximum Gasteiger partial charge on any atom is 0.266 e. The Balaban J connectivity index is 2.34. The summed E-state index contributed by atoms with van der Waals surface area (Å²) in [5.74, 6) is 0.346. The number of pyridine rings is 1. The molecule has 3 heteroatoms. The summed E-state index contributed by atoms with van der Waals surface area (Å²) >= 11 is 0. The van der Waals surface area contributed by atoms with Crippen LogP contribution in [-0.4, -0.2) is 4.98 Å². The first-order valence-corrected chi connectivity index (χ1v) is 7.38. The maximum atomic E-state index is 12.3. The van der Waals surface area contributed by atoms with E-state index < -0.39 is 0 Å². The molecular weight excluding hydrogens is 260 g/mol. The van der Waals surface area contributed by atoms with Crippen molar-refractivity contribution in [2.24, 2.45) is 0 Å². The van der Waals surface area contributed by atoms with Crippen molar-refractivity contribution in [2.75, 3.05) is 0 Å². The van der Waals surface area contributed by atoms with Gasteiger partial charge < -0.3 is 4.98 Å². The number of nitrogens with one attached hydrogen (secondary N) is 1. The highest BCUT2D eigenvalue weighted by Gasteiger charge is 2.24. The molecule has 0 spiro atoms. The Morgan fingerprint density at radius 3 is 2.67 bits per heavy atom. The number of aromatic nitrogens is 1. The number of hydrogen-bond acceptors (Lipinski definition) is 2. The number of nitriles is 1.